The van der Waals surface area contributed by atoms with E-state index in [0.717, 1.165) is 5.75 Å². The summed E-state index contributed by atoms with van der Waals surface area (Å²) in [6.07, 6.45) is 4.51. The van der Waals surface area contributed by atoms with Crippen LogP contribution < -0.4 is 14.9 Å². The Bertz CT molecular complexity index is 873. The maximum absolute atomic E-state index is 11.8. The number of hydrogen-bond acceptors (Lipinski definition) is 6. The van der Waals surface area contributed by atoms with Crippen LogP contribution in [0.3, 0.4) is 0 Å². The molecule has 132 valence electrons. The van der Waals surface area contributed by atoms with E-state index in [9.17, 15) is 4.79 Å². The molecule has 1 amide bonds. The highest BCUT2D eigenvalue weighted by molar-refractivity contribution is 5.94. The molecule has 3 aromatic rings. The molecule has 0 unspecified atom stereocenters. The number of ether oxygens (including phenoxy) is 2. The van der Waals surface area contributed by atoms with Crippen molar-refractivity contribution in [3.05, 3.63) is 78.0 Å². The lowest BCUT2D eigenvalue weighted by Gasteiger charge is -2.05. The predicted octanol–water partition coefficient (Wildman–Crippen LogP) is 3.03. The highest BCUT2D eigenvalue weighted by atomic mass is 16.5. The molecule has 1 aromatic carbocycles. The van der Waals surface area contributed by atoms with Crippen LogP contribution in [0.4, 0.5) is 0 Å². The van der Waals surface area contributed by atoms with Crippen LogP contribution in [-0.2, 0) is 6.61 Å². The van der Waals surface area contributed by atoms with Gasteiger partial charge in [0.05, 0.1) is 13.3 Å². The topological polar surface area (TPSA) is 86.0 Å². The van der Waals surface area contributed by atoms with Gasteiger partial charge in [-0.05, 0) is 48.5 Å². The molecule has 0 atom stereocenters. The Kier molecular flexibility index (Phi) is 5.61. The van der Waals surface area contributed by atoms with Crippen molar-refractivity contribution in [1.29, 1.82) is 0 Å². The number of aromatic nitrogens is 1. The third-order valence-electron chi connectivity index (χ3n) is 3.42. The molecule has 0 radical (unpaired) electrons. The highest BCUT2D eigenvalue weighted by Gasteiger charge is 2.04. The molecule has 26 heavy (non-hydrogen) atoms. The second-order valence-corrected chi connectivity index (χ2v) is 5.20. The fourth-order valence-corrected chi connectivity index (χ4v) is 2.09. The zero-order valence-corrected chi connectivity index (χ0v) is 14.1. The molecule has 2 heterocycles. The van der Waals surface area contributed by atoms with E-state index in [0.29, 0.717) is 22.8 Å². The van der Waals surface area contributed by atoms with Crippen LogP contribution >= 0.6 is 0 Å². The second kappa shape index (κ2) is 8.48. The van der Waals surface area contributed by atoms with Crippen molar-refractivity contribution in [3.63, 3.8) is 0 Å². The summed E-state index contributed by atoms with van der Waals surface area (Å²) in [5, 5.41) is 3.88. The smallest absolute Gasteiger partial charge is 0.271 e. The standard InChI is InChI=1S/C19H17N3O4/c1-24-15-2-4-16(5-3-15)25-13-18-7-6-17(26-18)12-21-22-19(23)14-8-10-20-11-9-14/h2-12H,13H2,1H3,(H,22,23)/b21-12+. The molecule has 0 aliphatic carbocycles. The van der Waals surface area contributed by atoms with Crippen LogP contribution in [0.2, 0.25) is 0 Å². The maximum atomic E-state index is 11.8. The number of carbonyl (C=O) groups is 1. The van der Waals surface area contributed by atoms with E-state index in [-0.39, 0.29) is 12.5 Å². The first-order valence-corrected chi connectivity index (χ1v) is 7.83. The number of benzene rings is 1. The van der Waals surface area contributed by atoms with Gasteiger partial charge in [-0.15, -0.1) is 0 Å². The van der Waals surface area contributed by atoms with E-state index >= 15 is 0 Å². The minimum absolute atomic E-state index is 0.281. The van der Waals surface area contributed by atoms with Gasteiger partial charge in [-0.25, -0.2) is 5.43 Å². The maximum Gasteiger partial charge on any atom is 0.271 e. The number of pyridine rings is 1. The van der Waals surface area contributed by atoms with Crippen molar-refractivity contribution in [2.45, 2.75) is 6.61 Å². The van der Waals surface area contributed by atoms with E-state index in [1.54, 1.807) is 43.8 Å². The van der Waals surface area contributed by atoms with Crippen LogP contribution in [0, 0.1) is 0 Å². The average Bonchev–Trinajstić information content (AvgIpc) is 3.15. The van der Waals surface area contributed by atoms with Gasteiger partial charge in [0.15, 0.2) is 0 Å². The van der Waals surface area contributed by atoms with Crippen LogP contribution in [0.25, 0.3) is 0 Å². The third-order valence-corrected chi connectivity index (χ3v) is 3.42. The Labute approximate surface area is 150 Å². The summed E-state index contributed by atoms with van der Waals surface area (Å²) in [6, 6.07) is 14.0. The van der Waals surface area contributed by atoms with Gasteiger partial charge in [-0.1, -0.05) is 0 Å². The van der Waals surface area contributed by atoms with Gasteiger partial charge < -0.3 is 13.9 Å². The fraction of sp³-hybridized carbons (Fsp3) is 0.105. The molecule has 0 fully saturated rings. The Morgan fingerprint density at radius 1 is 1.12 bits per heavy atom. The summed E-state index contributed by atoms with van der Waals surface area (Å²) >= 11 is 0. The van der Waals surface area contributed by atoms with Gasteiger partial charge in [-0.2, -0.15) is 5.10 Å². The van der Waals surface area contributed by atoms with Crippen LogP contribution in [-0.4, -0.2) is 24.2 Å². The predicted molar refractivity (Wildman–Crippen MR) is 95.3 cm³/mol. The van der Waals surface area contributed by atoms with Gasteiger partial charge >= 0.3 is 0 Å². The molecule has 2 aromatic heterocycles. The molecule has 7 heteroatoms. The fourth-order valence-electron chi connectivity index (χ4n) is 2.09. The van der Waals surface area contributed by atoms with Gasteiger partial charge in [0, 0.05) is 18.0 Å². The highest BCUT2D eigenvalue weighted by Crippen LogP contribution is 2.18. The number of rotatable bonds is 7. The summed E-state index contributed by atoms with van der Waals surface area (Å²) < 4.78 is 16.3. The first-order chi connectivity index (χ1) is 12.7. The zero-order valence-electron chi connectivity index (χ0n) is 14.1. The lowest BCUT2D eigenvalue weighted by atomic mass is 10.3. The summed E-state index contributed by atoms with van der Waals surface area (Å²) in [7, 11) is 1.61. The molecular formula is C19H17N3O4. The minimum atomic E-state index is -0.321. The van der Waals surface area contributed by atoms with Crippen molar-refractivity contribution in [1.82, 2.24) is 10.4 Å². The molecule has 7 nitrogen and oxygen atoms in total. The SMILES string of the molecule is COc1ccc(OCc2ccc(/C=N/NC(=O)c3ccncc3)o2)cc1. The first-order valence-electron chi connectivity index (χ1n) is 7.83. The molecule has 3 rings (SSSR count). The number of hydrazone groups is 1. The zero-order chi connectivity index (χ0) is 18.2. The number of carbonyl (C=O) groups excluding carboxylic acids is 1. The summed E-state index contributed by atoms with van der Waals surface area (Å²) in [5.74, 6) is 2.30. The molecule has 0 aliphatic heterocycles. The van der Waals surface area contributed by atoms with Gasteiger partial charge in [0.2, 0.25) is 0 Å². The van der Waals surface area contributed by atoms with E-state index in [4.69, 9.17) is 13.9 Å². The molecule has 0 aliphatic rings. The molecule has 0 saturated heterocycles. The van der Waals surface area contributed by atoms with Crippen LogP contribution in [0.5, 0.6) is 11.5 Å². The van der Waals surface area contributed by atoms with Crippen LogP contribution in [0.15, 0.2) is 70.4 Å². The summed E-state index contributed by atoms with van der Waals surface area (Å²) in [5.41, 5.74) is 2.90. The lowest BCUT2D eigenvalue weighted by molar-refractivity contribution is 0.0955. The average molecular weight is 351 g/mol. The molecule has 1 N–H and O–H groups in total. The molecule has 0 bridgehead atoms. The van der Waals surface area contributed by atoms with Crippen molar-refractivity contribution in [3.8, 4) is 11.5 Å². The van der Waals surface area contributed by atoms with E-state index in [1.807, 2.05) is 24.3 Å². The van der Waals surface area contributed by atoms with Crippen molar-refractivity contribution in [2.24, 2.45) is 5.10 Å². The number of nitrogens with zero attached hydrogens (tertiary/aromatic N) is 2. The normalized spacial score (nSPS) is 10.7. The van der Waals surface area contributed by atoms with Crippen molar-refractivity contribution in [2.75, 3.05) is 7.11 Å². The van der Waals surface area contributed by atoms with Gasteiger partial charge in [0.1, 0.15) is 29.6 Å². The summed E-state index contributed by atoms with van der Waals surface area (Å²) in [6.45, 7) is 0.281. The van der Waals surface area contributed by atoms with Gasteiger partial charge in [0.25, 0.3) is 5.91 Å². The minimum Gasteiger partial charge on any atom is -0.497 e. The second-order valence-electron chi connectivity index (χ2n) is 5.20. The number of hydrogen-bond donors (Lipinski definition) is 1. The first kappa shape index (κ1) is 17.2. The summed E-state index contributed by atoms with van der Waals surface area (Å²) in [4.78, 5) is 15.7. The number of furan rings is 1. The van der Waals surface area contributed by atoms with Crippen molar-refractivity contribution >= 4 is 12.1 Å². The van der Waals surface area contributed by atoms with E-state index in [2.05, 4.69) is 15.5 Å². The Morgan fingerprint density at radius 3 is 2.58 bits per heavy atom. The number of amides is 1. The van der Waals surface area contributed by atoms with Gasteiger partial charge in [-0.3, -0.25) is 9.78 Å². The van der Waals surface area contributed by atoms with E-state index in [1.165, 1.54) is 6.21 Å². The Hall–Kier alpha value is -3.61. The molecule has 0 saturated carbocycles. The Morgan fingerprint density at radius 2 is 1.85 bits per heavy atom. The Balaban J connectivity index is 1.50. The van der Waals surface area contributed by atoms with Crippen LogP contribution in [0.1, 0.15) is 21.9 Å². The van der Waals surface area contributed by atoms with E-state index < -0.39 is 0 Å². The third kappa shape index (κ3) is 4.70. The quantitative estimate of drug-likeness (QED) is 0.522. The lowest BCUT2D eigenvalue weighted by Crippen LogP contribution is -2.17. The number of methoxy groups -OCH3 is 1. The monoisotopic (exact) mass is 351 g/mol. The number of nitrogens with one attached hydrogen (secondary N) is 1. The molecule has 0 spiro atoms. The van der Waals surface area contributed by atoms with Crippen molar-refractivity contribution < 1.29 is 18.7 Å². The largest absolute Gasteiger partial charge is 0.497 e. The molecular weight excluding hydrogens is 334 g/mol.